The van der Waals surface area contributed by atoms with Gasteiger partial charge in [-0.05, 0) is 48.9 Å². The molecule has 0 aliphatic heterocycles. The average Bonchev–Trinajstić information content (AvgIpc) is 3.19. The number of aromatic nitrogens is 5. The lowest BCUT2D eigenvalue weighted by atomic mass is 10.2. The fourth-order valence-corrected chi connectivity index (χ4v) is 4.54. The first-order valence-electron chi connectivity index (χ1n) is 9.18. The van der Waals surface area contributed by atoms with Gasteiger partial charge in [-0.15, -0.1) is 10.2 Å². The molecule has 0 aliphatic carbocycles. The van der Waals surface area contributed by atoms with Crippen LogP contribution in [-0.2, 0) is 5.75 Å². The summed E-state index contributed by atoms with van der Waals surface area (Å²) in [5, 5.41) is 10.7. The van der Waals surface area contributed by atoms with Crippen LogP contribution < -0.4 is 4.74 Å². The van der Waals surface area contributed by atoms with E-state index in [1.54, 1.807) is 18.6 Å². The Kier molecular flexibility index (Phi) is 6.52. The second-order valence-electron chi connectivity index (χ2n) is 6.15. The summed E-state index contributed by atoms with van der Waals surface area (Å²) < 4.78 is 7.50. The van der Waals surface area contributed by atoms with Gasteiger partial charge in [0.2, 0.25) is 0 Å². The third kappa shape index (κ3) is 4.43. The number of rotatable bonds is 7. The lowest BCUT2D eigenvalue weighted by Crippen LogP contribution is -2.01. The Morgan fingerprint density at radius 2 is 1.77 bits per heavy atom. The molecule has 0 aliphatic rings. The van der Waals surface area contributed by atoms with Crippen molar-refractivity contribution in [3.05, 3.63) is 76.7 Å². The van der Waals surface area contributed by atoms with Crippen LogP contribution in [0.1, 0.15) is 12.5 Å². The predicted molar refractivity (Wildman–Crippen MR) is 120 cm³/mol. The van der Waals surface area contributed by atoms with Gasteiger partial charge in [0.15, 0.2) is 11.0 Å². The molecule has 4 aromatic rings. The maximum absolute atomic E-state index is 6.33. The van der Waals surface area contributed by atoms with Gasteiger partial charge in [-0.2, -0.15) is 0 Å². The minimum atomic E-state index is 0.550. The van der Waals surface area contributed by atoms with Crippen LogP contribution in [0.25, 0.3) is 17.2 Å². The minimum Gasteiger partial charge on any atom is -0.494 e. The van der Waals surface area contributed by atoms with Gasteiger partial charge in [0.25, 0.3) is 0 Å². The van der Waals surface area contributed by atoms with E-state index in [0.29, 0.717) is 39.1 Å². The van der Waals surface area contributed by atoms with Crippen molar-refractivity contribution in [3.8, 4) is 23.0 Å². The quantitative estimate of drug-likeness (QED) is 0.330. The zero-order valence-corrected chi connectivity index (χ0v) is 18.3. The molecule has 6 nitrogen and oxygen atoms in total. The van der Waals surface area contributed by atoms with E-state index in [1.165, 1.54) is 11.8 Å². The molecule has 0 unspecified atom stereocenters. The number of hydrogen-bond donors (Lipinski definition) is 0. The highest BCUT2D eigenvalue weighted by molar-refractivity contribution is 7.98. The zero-order valence-electron chi connectivity index (χ0n) is 16.0. The molecule has 152 valence electrons. The largest absolute Gasteiger partial charge is 0.494 e. The highest BCUT2D eigenvalue weighted by atomic mass is 35.5. The van der Waals surface area contributed by atoms with Crippen LogP contribution in [-0.4, -0.2) is 31.3 Å². The highest BCUT2D eigenvalue weighted by Gasteiger charge is 2.18. The van der Waals surface area contributed by atoms with Gasteiger partial charge < -0.3 is 4.74 Å². The Morgan fingerprint density at radius 3 is 2.43 bits per heavy atom. The van der Waals surface area contributed by atoms with Crippen LogP contribution in [0.4, 0.5) is 0 Å². The molecule has 0 fully saturated rings. The Hall–Kier alpha value is -2.61. The number of halogens is 2. The third-order valence-corrected chi connectivity index (χ3v) is 5.90. The molecular weight excluding hydrogens is 441 g/mol. The fourth-order valence-electron chi connectivity index (χ4n) is 2.84. The molecule has 0 spiro atoms. The zero-order chi connectivity index (χ0) is 20.9. The van der Waals surface area contributed by atoms with Crippen molar-refractivity contribution in [2.24, 2.45) is 0 Å². The predicted octanol–water partition coefficient (Wildman–Crippen LogP) is 5.72. The molecule has 0 bridgehead atoms. The van der Waals surface area contributed by atoms with E-state index in [4.69, 9.17) is 27.9 Å². The summed E-state index contributed by atoms with van der Waals surface area (Å²) in [6.07, 6.45) is 4.91. The van der Waals surface area contributed by atoms with E-state index in [-0.39, 0.29) is 0 Å². The molecule has 30 heavy (non-hydrogen) atoms. The molecule has 0 radical (unpaired) electrons. The van der Waals surface area contributed by atoms with E-state index in [2.05, 4.69) is 20.2 Å². The normalized spacial score (nSPS) is 10.9. The maximum atomic E-state index is 6.33. The minimum absolute atomic E-state index is 0.550. The monoisotopic (exact) mass is 457 g/mol. The van der Waals surface area contributed by atoms with Gasteiger partial charge >= 0.3 is 0 Å². The summed E-state index contributed by atoms with van der Waals surface area (Å²) in [6.45, 7) is 2.56. The Morgan fingerprint density at radius 1 is 1.00 bits per heavy atom. The summed E-state index contributed by atoms with van der Waals surface area (Å²) in [7, 11) is 0. The first-order chi connectivity index (χ1) is 14.7. The van der Waals surface area contributed by atoms with Crippen molar-refractivity contribution in [2.45, 2.75) is 17.8 Å². The second-order valence-corrected chi connectivity index (χ2v) is 7.90. The number of thioether (sulfide) groups is 1. The van der Waals surface area contributed by atoms with Crippen LogP contribution in [0.3, 0.4) is 0 Å². The van der Waals surface area contributed by atoms with E-state index >= 15 is 0 Å². The SMILES string of the molecule is CCOc1ccc(-n2c(SCc3c(Cl)cccc3Cl)nnc2-c2cnccn2)cc1. The van der Waals surface area contributed by atoms with Gasteiger partial charge in [-0.25, -0.2) is 4.98 Å². The Bertz CT molecular complexity index is 1120. The topological polar surface area (TPSA) is 65.7 Å². The van der Waals surface area contributed by atoms with Crippen LogP contribution in [0.15, 0.2) is 66.2 Å². The smallest absolute Gasteiger partial charge is 0.196 e. The van der Waals surface area contributed by atoms with Gasteiger partial charge in [0, 0.05) is 28.2 Å². The molecule has 0 saturated carbocycles. The van der Waals surface area contributed by atoms with Crippen molar-refractivity contribution in [1.29, 1.82) is 0 Å². The van der Waals surface area contributed by atoms with Crippen LogP contribution in [0.5, 0.6) is 5.75 Å². The molecule has 0 saturated heterocycles. The first-order valence-corrected chi connectivity index (χ1v) is 10.9. The lowest BCUT2D eigenvalue weighted by molar-refractivity contribution is 0.340. The van der Waals surface area contributed by atoms with E-state index in [9.17, 15) is 0 Å². The molecule has 2 aromatic heterocycles. The lowest BCUT2D eigenvalue weighted by Gasteiger charge is -2.12. The van der Waals surface area contributed by atoms with Crippen molar-refractivity contribution < 1.29 is 4.74 Å². The summed E-state index contributed by atoms with van der Waals surface area (Å²) in [5.74, 6) is 1.95. The van der Waals surface area contributed by atoms with Gasteiger partial charge in [0.1, 0.15) is 11.4 Å². The summed E-state index contributed by atoms with van der Waals surface area (Å²) in [4.78, 5) is 8.54. The van der Waals surface area contributed by atoms with Gasteiger partial charge in [-0.3, -0.25) is 9.55 Å². The molecular formula is C21H17Cl2N5OS. The number of ether oxygens (including phenoxy) is 1. The first kappa shape index (κ1) is 20.7. The molecule has 0 N–H and O–H groups in total. The maximum Gasteiger partial charge on any atom is 0.196 e. The van der Waals surface area contributed by atoms with E-state index in [1.807, 2.05) is 54.0 Å². The highest BCUT2D eigenvalue weighted by Crippen LogP contribution is 2.33. The fraction of sp³-hybridized carbons (Fsp3) is 0.143. The van der Waals surface area contributed by atoms with Crippen molar-refractivity contribution in [2.75, 3.05) is 6.61 Å². The Labute approximate surface area is 188 Å². The van der Waals surface area contributed by atoms with Crippen molar-refractivity contribution in [1.82, 2.24) is 24.7 Å². The molecule has 4 rings (SSSR count). The summed E-state index contributed by atoms with van der Waals surface area (Å²) >= 11 is 14.2. The second kappa shape index (κ2) is 9.47. The van der Waals surface area contributed by atoms with Gasteiger partial charge in [-0.1, -0.05) is 41.0 Å². The summed E-state index contributed by atoms with van der Waals surface area (Å²) in [5.41, 5.74) is 2.37. The molecule has 2 heterocycles. The number of hydrogen-bond acceptors (Lipinski definition) is 6. The number of benzene rings is 2. The Balaban J connectivity index is 1.72. The van der Waals surface area contributed by atoms with Crippen LogP contribution >= 0.6 is 35.0 Å². The molecule has 0 atom stereocenters. The average molecular weight is 458 g/mol. The molecule has 0 amide bonds. The molecule has 2 aromatic carbocycles. The number of nitrogens with zero attached hydrogens (tertiary/aromatic N) is 5. The molecule has 9 heteroatoms. The summed E-state index contributed by atoms with van der Waals surface area (Å²) in [6, 6.07) is 13.2. The van der Waals surface area contributed by atoms with Crippen LogP contribution in [0, 0.1) is 0 Å². The van der Waals surface area contributed by atoms with E-state index < -0.39 is 0 Å². The van der Waals surface area contributed by atoms with Crippen molar-refractivity contribution in [3.63, 3.8) is 0 Å². The standard InChI is InChI=1S/C21H17Cl2N5OS/c1-2-29-15-8-6-14(7-9-15)28-20(19-12-24-10-11-25-19)26-27-21(28)30-13-16-17(22)4-3-5-18(16)23/h3-12H,2,13H2,1H3. The van der Waals surface area contributed by atoms with Gasteiger partial charge in [0.05, 0.1) is 18.5 Å². The third-order valence-electron chi connectivity index (χ3n) is 4.24. The van der Waals surface area contributed by atoms with E-state index in [0.717, 1.165) is 17.0 Å². The van der Waals surface area contributed by atoms with Crippen LogP contribution in [0.2, 0.25) is 10.0 Å². The van der Waals surface area contributed by atoms with Crippen molar-refractivity contribution >= 4 is 35.0 Å².